The van der Waals surface area contributed by atoms with Crippen LogP contribution in [0, 0.1) is 5.92 Å². The second kappa shape index (κ2) is 6.21. The number of nitrogens with one attached hydrogen (secondary N) is 2. The number of ether oxygens (including phenoxy) is 1. The van der Waals surface area contributed by atoms with Crippen LogP contribution in [0.2, 0.25) is 0 Å². The Bertz CT molecular complexity index is 501. The van der Waals surface area contributed by atoms with E-state index in [0.717, 1.165) is 4.88 Å². The van der Waals surface area contributed by atoms with Gasteiger partial charge in [0.1, 0.15) is 5.92 Å². The van der Waals surface area contributed by atoms with Crippen molar-refractivity contribution in [3.63, 3.8) is 0 Å². The zero-order chi connectivity index (χ0) is 13.8. The van der Waals surface area contributed by atoms with Crippen LogP contribution in [-0.4, -0.2) is 18.6 Å². The lowest BCUT2D eigenvalue weighted by atomic mass is 9.93. The van der Waals surface area contributed by atoms with Gasteiger partial charge in [0.2, 0.25) is 0 Å². The quantitative estimate of drug-likeness (QED) is 0.828. The van der Waals surface area contributed by atoms with E-state index in [1.54, 1.807) is 11.9 Å². The predicted octanol–water partition coefficient (Wildman–Crippen LogP) is 2.52. The molecule has 0 unspecified atom stereocenters. The molecule has 1 saturated heterocycles. The van der Waals surface area contributed by atoms with Gasteiger partial charge in [0, 0.05) is 15.6 Å². The molecule has 0 spiro atoms. The van der Waals surface area contributed by atoms with Crippen LogP contribution in [0.5, 0.6) is 0 Å². The number of hydrogen-bond acceptors (Lipinski definition) is 4. The van der Waals surface area contributed by atoms with E-state index in [1.165, 1.54) is 11.3 Å². The SMILES string of the molecule is CCOC(=O)[C@@H]1/C(=C\Br)NC(=O)N[C@@H]1c1cccs1. The van der Waals surface area contributed by atoms with Gasteiger partial charge in [-0.15, -0.1) is 11.3 Å². The van der Waals surface area contributed by atoms with Gasteiger partial charge in [-0.1, -0.05) is 22.0 Å². The first-order chi connectivity index (χ1) is 9.17. The third kappa shape index (κ3) is 2.98. The second-order valence-corrected chi connectivity index (χ2v) is 5.32. The molecular formula is C12H13BrN2O3S. The van der Waals surface area contributed by atoms with Gasteiger partial charge >= 0.3 is 12.0 Å². The lowest BCUT2D eigenvalue weighted by Crippen LogP contribution is -2.51. The maximum Gasteiger partial charge on any atom is 0.319 e. The zero-order valence-corrected chi connectivity index (χ0v) is 12.6. The number of urea groups is 1. The molecule has 1 aliphatic rings. The number of carbonyl (C=O) groups is 2. The van der Waals surface area contributed by atoms with E-state index in [0.29, 0.717) is 12.3 Å². The van der Waals surface area contributed by atoms with Crippen LogP contribution in [0.4, 0.5) is 4.79 Å². The maximum absolute atomic E-state index is 12.1. The van der Waals surface area contributed by atoms with Gasteiger partial charge in [-0.3, -0.25) is 4.79 Å². The minimum Gasteiger partial charge on any atom is -0.465 e. The van der Waals surface area contributed by atoms with E-state index in [-0.39, 0.29) is 12.0 Å². The molecule has 0 aliphatic carbocycles. The molecule has 0 bridgehead atoms. The summed E-state index contributed by atoms with van der Waals surface area (Å²) in [5.74, 6) is -0.935. The van der Waals surface area contributed by atoms with Crippen molar-refractivity contribution in [2.45, 2.75) is 13.0 Å². The molecule has 1 fully saturated rings. The first-order valence-corrected chi connectivity index (χ1v) is 7.54. The highest BCUT2D eigenvalue weighted by molar-refractivity contribution is 9.11. The van der Waals surface area contributed by atoms with Crippen molar-refractivity contribution >= 4 is 39.3 Å². The third-order valence-corrected chi connectivity index (χ3v) is 4.17. The molecule has 0 aromatic carbocycles. The fraction of sp³-hybridized carbons (Fsp3) is 0.333. The van der Waals surface area contributed by atoms with Crippen LogP contribution in [0.25, 0.3) is 0 Å². The molecule has 2 rings (SSSR count). The summed E-state index contributed by atoms with van der Waals surface area (Å²) in [5, 5.41) is 7.29. The fourth-order valence-electron chi connectivity index (χ4n) is 1.94. The van der Waals surface area contributed by atoms with Gasteiger partial charge in [-0.05, 0) is 18.4 Å². The van der Waals surface area contributed by atoms with Crippen LogP contribution in [-0.2, 0) is 9.53 Å². The highest BCUT2D eigenvalue weighted by Gasteiger charge is 2.39. The van der Waals surface area contributed by atoms with Crippen molar-refractivity contribution < 1.29 is 14.3 Å². The summed E-state index contributed by atoms with van der Waals surface area (Å²) in [6.07, 6.45) is 0. The Labute approximate surface area is 123 Å². The molecular weight excluding hydrogens is 332 g/mol. The molecule has 1 aromatic heterocycles. The maximum atomic E-state index is 12.1. The summed E-state index contributed by atoms with van der Waals surface area (Å²) in [6, 6.07) is 3.04. The van der Waals surface area contributed by atoms with Gasteiger partial charge < -0.3 is 15.4 Å². The van der Waals surface area contributed by atoms with Crippen LogP contribution in [0.1, 0.15) is 17.8 Å². The van der Waals surface area contributed by atoms with E-state index in [4.69, 9.17) is 4.74 Å². The van der Waals surface area contributed by atoms with E-state index in [1.807, 2.05) is 17.5 Å². The Morgan fingerprint density at radius 2 is 2.42 bits per heavy atom. The first kappa shape index (κ1) is 14.1. The number of carbonyl (C=O) groups excluding carboxylic acids is 2. The van der Waals surface area contributed by atoms with Gasteiger partial charge in [0.05, 0.1) is 12.6 Å². The molecule has 2 amide bonds. The summed E-state index contributed by atoms with van der Waals surface area (Å²) in [7, 11) is 0. The summed E-state index contributed by atoms with van der Waals surface area (Å²) in [6.45, 7) is 2.06. The highest BCUT2D eigenvalue weighted by atomic mass is 79.9. The molecule has 2 heterocycles. The number of hydrogen-bond donors (Lipinski definition) is 2. The van der Waals surface area contributed by atoms with Crippen LogP contribution < -0.4 is 10.6 Å². The normalized spacial score (nSPS) is 24.7. The van der Waals surface area contributed by atoms with E-state index in [2.05, 4.69) is 26.6 Å². The Kier molecular flexibility index (Phi) is 4.60. The molecule has 0 radical (unpaired) electrons. The molecule has 5 nitrogen and oxygen atoms in total. The molecule has 1 aromatic rings. The number of rotatable bonds is 3. The second-order valence-electron chi connectivity index (χ2n) is 3.89. The van der Waals surface area contributed by atoms with Crippen molar-refractivity contribution in [1.29, 1.82) is 0 Å². The number of esters is 1. The first-order valence-electron chi connectivity index (χ1n) is 5.75. The van der Waals surface area contributed by atoms with E-state index in [9.17, 15) is 9.59 Å². The molecule has 2 N–H and O–H groups in total. The van der Waals surface area contributed by atoms with Gasteiger partial charge in [0.15, 0.2) is 0 Å². The Morgan fingerprint density at radius 1 is 1.63 bits per heavy atom. The summed E-state index contributed by atoms with van der Waals surface area (Å²) < 4.78 is 5.09. The van der Waals surface area contributed by atoms with Crippen molar-refractivity contribution in [3.05, 3.63) is 33.1 Å². The average molecular weight is 345 g/mol. The summed E-state index contributed by atoms with van der Waals surface area (Å²) in [5.41, 5.74) is 0.501. The Balaban J connectivity index is 2.35. The number of thiophene rings is 1. The number of amides is 2. The molecule has 102 valence electrons. The molecule has 0 saturated carbocycles. The van der Waals surface area contributed by atoms with Crippen LogP contribution >= 0.6 is 27.3 Å². The van der Waals surface area contributed by atoms with Crippen LogP contribution in [0.3, 0.4) is 0 Å². The summed E-state index contributed by atoms with van der Waals surface area (Å²) in [4.78, 5) is 26.2. The third-order valence-electron chi connectivity index (χ3n) is 2.72. The standard InChI is InChI=1S/C12H13BrN2O3S/c1-2-18-11(16)9-7(6-13)14-12(17)15-10(9)8-4-3-5-19-8/h3-6,9-10H,2H2,1H3,(H2,14,15,17)/b7-6+/t9-,10-/m1/s1. The zero-order valence-electron chi connectivity index (χ0n) is 10.2. The molecule has 7 heteroatoms. The van der Waals surface area contributed by atoms with Crippen molar-refractivity contribution in [2.24, 2.45) is 5.92 Å². The van der Waals surface area contributed by atoms with E-state index >= 15 is 0 Å². The fourth-order valence-corrected chi connectivity index (χ4v) is 3.16. The Hall–Kier alpha value is -1.34. The lowest BCUT2D eigenvalue weighted by Gasteiger charge is -2.32. The molecule has 2 atom stereocenters. The van der Waals surface area contributed by atoms with Crippen molar-refractivity contribution in [2.75, 3.05) is 6.61 Å². The Morgan fingerprint density at radius 3 is 3.00 bits per heavy atom. The summed E-state index contributed by atoms with van der Waals surface area (Å²) >= 11 is 4.67. The lowest BCUT2D eigenvalue weighted by molar-refractivity contribution is -0.147. The molecule has 19 heavy (non-hydrogen) atoms. The average Bonchev–Trinajstić information content (AvgIpc) is 2.91. The minimum absolute atomic E-state index is 0.302. The topological polar surface area (TPSA) is 67.4 Å². The molecule has 1 aliphatic heterocycles. The largest absolute Gasteiger partial charge is 0.465 e. The van der Waals surface area contributed by atoms with Gasteiger partial charge in [0.25, 0.3) is 0 Å². The van der Waals surface area contributed by atoms with Crippen molar-refractivity contribution in [3.8, 4) is 0 Å². The minimum atomic E-state index is -0.573. The van der Waals surface area contributed by atoms with Gasteiger partial charge in [-0.25, -0.2) is 4.79 Å². The van der Waals surface area contributed by atoms with E-state index < -0.39 is 12.0 Å². The van der Waals surface area contributed by atoms with Crippen molar-refractivity contribution in [1.82, 2.24) is 10.6 Å². The monoisotopic (exact) mass is 344 g/mol. The predicted molar refractivity (Wildman–Crippen MR) is 75.9 cm³/mol. The number of halogens is 1. The van der Waals surface area contributed by atoms with Crippen LogP contribution in [0.15, 0.2) is 28.2 Å². The van der Waals surface area contributed by atoms with Gasteiger partial charge in [-0.2, -0.15) is 0 Å². The smallest absolute Gasteiger partial charge is 0.319 e. The highest BCUT2D eigenvalue weighted by Crippen LogP contribution is 2.33.